The highest BCUT2D eigenvalue weighted by Gasteiger charge is 2.22. The van der Waals surface area contributed by atoms with Crippen LogP contribution in [0.2, 0.25) is 5.02 Å². The molecule has 0 radical (unpaired) electrons. The predicted octanol–water partition coefficient (Wildman–Crippen LogP) is 2.58. The molecule has 0 spiro atoms. The Morgan fingerprint density at radius 3 is 2.50 bits per heavy atom. The fraction of sp³-hybridized carbons (Fsp3) is 0.176. The predicted molar refractivity (Wildman–Crippen MR) is 103 cm³/mol. The van der Waals surface area contributed by atoms with Crippen molar-refractivity contribution in [2.75, 3.05) is 6.26 Å². The Hall–Kier alpha value is -2.27. The van der Waals surface area contributed by atoms with Gasteiger partial charge in [0.25, 0.3) is 5.89 Å². The molecule has 2 aromatic carbocycles. The van der Waals surface area contributed by atoms with Gasteiger partial charge in [-0.25, -0.2) is 21.6 Å². The number of sulfone groups is 1. The quantitative estimate of drug-likeness (QED) is 0.624. The van der Waals surface area contributed by atoms with Crippen LogP contribution < -0.4 is 4.72 Å². The number of aromatic nitrogens is 2. The number of rotatable bonds is 6. The molecule has 0 bridgehead atoms. The second-order valence-corrected chi connectivity index (χ2v) is 10.2. The number of aryl methyl sites for hydroxylation is 1. The smallest absolute Gasteiger partial charge is 0.258 e. The minimum absolute atomic E-state index is 0.103. The summed E-state index contributed by atoms with van der Waals surface area (Å²) in [6, 6.07) is 10.9. The van der Waals surface area contributed by atoms with Crippen molar-refractivity contribution in [3.8, 4) is 11.5 Å². The average Bonchev–Trinajstić information content (AvgIpc) is 3.08. The summed E-state index contributed by atoms with van der Waals surface area (Å²) in [4.78, 5) is 3.68. The van der Waals surface area contributed by atoms with E-state index in [1.165, 1.54) is 12.1 Å². The first-order chi connectivity index (χ1) is 13.1. The van der Waals surface area contributed by atoms with Crippen molar-refractivity contribution in [1.82, 2.24) is 14.9 Å². The lowest BCUT2D eigenvalue weighted by atomic mass is 10.1. The van der Waals surface area contributed by atoms with Crippen molar-refractivity contribution in [3.05, 3.63) is 58.9 Å². The number of nitrogens with zero attached hydrogens (tertiary/aromatic N) is 2. The van der Waals surface area contributed by atoms with Crippen LogP contribution in [0.3, 0.4) is 0 Å². The molecule has 11 heteroatoms. The fourth-order valence-corrected chi connectivity index (χ4v) is 4.63. The molecule has 0 aliphatic carbocycles. The van der Waals surface area contributed by atoms with Crippen LogP contribution in [0.1, 0.15) is 11.4 Å². The molecule has 0 aliphatic heterocycles. The summed E-state index contributed by atoms with van der Waals surface area (Å²) >= 11 is 5.95. The first-order valence-corrected chi connectivity index (χ1v) is 11.7. The monoisotopic (exact) mass is 441 g/mol. The van der Waals surface area contributed by atoms with Gasteiger partial charge in [0, 0.05) is 11.8 Å². The molecule has 0 amide bonds. The van der Waals surface area contributed by atoms with E-state index in [0.717, 1.165) is 23.4 Å². The third kappa shape index (κ3) is 4.41. The maximum atomic E-state index is 12.6. The normalized spacial score (nSPS) is 12.2. The summed E-state index contributed by atoms with van der Waals surface area (Å²) in [5, 5.41) is 3.66. The van der Waals surface area contributed by atoms with Gasteiger partial charge in [0.05, 0.1) is 16.5 Å². The third-order valence-electron chi connectivity index (χ3n) is 3.88. The van der Waals surface area contributed by atoms with Crippen LogP contribution in [-0.4, -0.2) is 33.2 Å². The van der Waals surface area contributed by atoms with E-state index in [1.54, 1.807) is 0 Å². The van der Waals surface area contributed by atoms with Gasteiger partial charge in [-0.15, -0.1) is 0 Å². The van der Waals surface area contributed by atoms with Crippen molar-refractivity contribution in [2.45, 2.75) is 23.3 Å². The van der Waals surface area contributed by atoms with Gasteiger partial charge in [0.2, 0.25) is 10.0 Å². The molecule has 3 aromatic rings. The number of nitrogens with one attached hydrogen (secondary N) is 1. The van der Waals surface area contributed by atoms with E-state index in [-0.39, 0.29) is 33.1 Å². The molecule has 0 saturated heterocycles. The largest absolute Gasteiger partial charge is 0.334 e. The number of halogens is 1. The van der Waals surface area contributed by atoms with E-state index < -0.39 is 19.9 Å². The number of benzene rings is 2. The maximum Gasteiger partial charge on any atom is 0.258 e. The van der Waals surface area contributed by atoms with Gasteiger partial charge < -0.3 is 4.52 Å². The molecule has 1 aromatic heterocycles. The molecule has 3 rings (SSSR count). The van der Waals surface area contributed by atoms with Gasteiger partial charge in [-0.2, -0.15) is 4.98 Å². The molecule has 0 unspecified atom stereocenters. The summed E-state index contributed by atoms with van der Waals surface area (Å²) in [7, 11) is -7.69. The molecule has 0 aliphatic rings. The molecular weight excluding hydrogens is 426 g/mol. The van der Waals surface area contributed by atoms with Gasteiger partial charge in [0.1, 0.15) is 4.90 Å². The van der Waals surface area contributed by atoms with Gasteiger partial charge in [-0.05, 0) is 36.8 Å². The van der Waals surface area contributed by atoms with Crippen molar-refractivity contribution < 1.29 is 21.4 Å². The zero-order chi connectivity index (χ0) is 20.5. The second kappa shape index (κ2) is 7.63. The van der Waals surface area contributed by atoms with Gasteiger partial charge in [0.15, 0.2) is 15.7 Å². The van der Waals surface area contributed by atoms with E-state index in [2.05, 4.69) is 14.9 Å². The van der Waals surface area contributed by atoms with E-state index in [9.17, 15) is 16.8 Å². The minimum atomic E-state index is -4.10. The van der Waals surface area contributed by atoms with Crippen molar-refractivity contribution in [1.29, 1.82) is 0 Å². The summed E-state index contributed by atoms with van der Waals surface area (Å²) in [5.41, 5.74) is 1.68. The van der Waals surface area contributed by atoms with Gasteiger partial charge in [-0.1, -0.05) is 35.0 Å². The Balaban J connectivity index is 1.83. The van der Waals surface area contributed by atoms with E-state index in [1.807, 2.05) is 31.2 Å². The van der Waals surface area contributed by atoms with Crippen LogP contribution in [0.5, 0.6) is 0 Å². The SMILES string of the molecule is Cc1ccccc1-c1nc(CNS(=O)(=O)c2cc(S(C)(=O)=O)ccc2Cl)no1. The molecule has 8 nitrogen and oxygen atoms in total. The fourth-order valence-electron chi connectivity index (χ4n) is 2.41. The van der Waals surface area contributed by atoms with Crippen molar-refractivity contribution in [3.63, 3.8) is 0 Å². The van der Waals surface area contributed by atoms with Crippen molar-refractivity contribution in [2.24, 2.45) is 0 Å². The van der Waals surface area contributed by atoms with Crippen molar-refractivity contribution >= 4 is 31.5 Å². The molecule has 0 atom stereocenters. The topological polar surface area (TPSA) is 119 Å². The zero-order valence-corrected chi connectivity index (χ0v) is 17.3. The minimum Gasteiger partial charge on any atom is -0.334 e. The molecule has 0 fully saturated rings. The lowest BCUT2D eigenvalue weighted by Gasteiger charge is -2.08. The highest BCUT2D eigenvalue weighted by molar-refractivity contribution is 7.91. The zero-order valence-electron chi connectivity index (χ0n) is 14.9. The Morgan fingerprint density at radius 2 is 1.82 bits per heavy atom. The number of sulfonamides is 1. The summed E-state index contributed by atoms with van der Waals surface area (Å²) in [6.45, 7) is 1.63. The summed E-state index contributed by atoms with van der Waals surface area (Å²) in [6.07, 6.45) is 0.979. The molecule has 28 heavy (non-hydrogen) atoms. The lowest BCUT2D eigenvalue weighted by Crippen LogP contribution is -2.24. The van der Waals surface area contributed by atoms with Crippen LogP contribution in [0.25, 0.3) is 11.5 Å². The van der Waals surface area contributed by atoms with E-state index in [4.69, 9.17) is 16.1 Å². The van der Waals surface area contributed by atoms with Crippen LogP contribution in [0, 0.1) is 6.92 Å². The molecule has 148 valence electrons. The standard InChI is InChI=1S/C17H16ClN3O5S2/c1-11-5-3-4-6-13(11)17-20-16(21-26-17)10-19-28(24,25)15-9-12(27(2,22)23)7-8-14(15)18/h3-9,19H,10H2,1-2H3. The van der Waals surface area contributed by atoms with Crippen LogP contribution >= 0.6 is 11.6 Å². The van der Waals surface area contributed by atoms with Crippen LogP contribution in [0.15, 0.2) is 56.8 Å². The van der Waals surface area contributed by atoms with Gasteiger partial charge in [-0.3, -0.25) is 0 Å². The summed E-state index contributed by atoms with van der Waals surface area (Å²) in [5.74, 6) is 0.390. The number of hydrogen-bond acceptors (Lipinski definition) is 7. The molecular formula is C17H16ClN3O5S2. The Kier molecular flexibility index (Phi) is 5.57. The molecule has 0 saturated carbocycles. The highest BCUT2D eigenvalue weighted by Crippen LogP contribution is 2.25. The highest BCUT2D eigenvalue weighted by atomic mass is 35.5. The third-order valence-corrected chi connectivity index (χ3v) is 6.88. The Labute approximate surface area is 167 Å². The van der Waals surface area contributed by atoms with Gasteiger partial charge >= 0.3 is 0 Å². The van der Waals surface area contributed by atoms with E-state index in [0.29, 0.717) is 0 Å². The van der Waals surface area contributed by atoms with E-state index >= 15 is 0 Å². The average molecular weight is 442 g/mol. The second-order valence-electron chi connectivity index (χ2n) is 6.02. The molecule has 1 heterocycles. The lowest BCUT2D eigenvalue weighted by molar-refractivity contribution is 0.421. The van der Waals surface area contributed by atoms with Crippen LogP contribution in [-0.2, 0) is 26.4 Å². The Morgan fingerprint density at radius 1 is 1.11 bits per heavy atom. The Bertz CT molecular complexity index is 1240. The molecule has 1 N–H and O–H groups in total. The summed E-state index contributed by atoms with van der Waals surface area (Å²) < 4.78 is 56.0. The van der Waals surface area contributed by atoms with Crippen LogP contribution in [0.4, 0.5) is 0 Å². The number of hydrogen-bond donors (Lipinski definition) is 1. The first-order valence-electron chi connectivity index (χ1n) is 7.96. The maximum absolute atomic E-state index is 12.6. The first kappa shape index (κ1) is 20.5.